The highest BCUT2D eigenvalue weighted by Gasteiger charge is 2.15. The van der Waals surface area contributed by atoms with Gasteiger partial charge in [-0.15, -0.1) is 16.9 Å². The maximum atomic E-state index is 11.3. The fraction of sp³-hybridized carbons (Fsp3) is 0.308. The Kier molecular flexibility index (Phi) is 5.94. The van der Waals surface area contributed by atoms with E-state index in [9.17, 15) is 4.79 Å². The van der Waals surface area contributed by atoms with Crippen LogP contribution >= 0.6 is 23.5 Å². The zero-order valence-electron chi connectivity index (χ0n) is 10.9. The Labute approximate surface area is 125 Å². The van der Waals surface area contributed by atoms with Crippen molar-refractivity contribution in [1.82, 2.24) is 10.2 Å². The van der Waals surface area contributed by atoms with Crippen LogP contribution in [0.5, 0.6) is 0 Å². The Balaban J connectivity index is 1.73. The summed E-state index contributed by atoms with van der Waals surface area (Å²) in [5, 5.41) is 7.84. The van der Waals surface area contributed by atoms with Gasteiger partial charge in [0.25, 0.3) is 5.22 Å². The molecule has 0 saturated carbocycles. The van der Waals surface area contributed by atoms with E-state index in [1.54, 1.807) is 18.7 Å². The molecular formula is C13H14N2O3S2. The molecule has 1 aromatic carbocycles. The van der Waals surface area contributed by atoms with Crippen molar-refractivity contribution >= 4 is 29.5 Å². The molecule has 2 aromatic rings. The highest BCUT2D eigenvalue weighted by Crippen LogP contribution is 2.22. The SMILES string of the molecule is CCOC(=O)c1nnc(SCCSc2ccccc2)o1. The second-order valence-electron chi connectivity index (χ2n) is 3.60. The van der Waals surface area contributed by atoms with Gasteiger partial charge in [-0.1, -0.05) is 35.1 Å². The van der Waals surface area contributed by atoms with E-state index in [1.165, 1.54) is 16.7 Å². The molecule has 1 heterocycles. The monoisotopic (exact) mass is 310 g/mol. The van der Waals surface area contributed by atoms with E-state index in [4.69, 9.17) is 9.15 Å². The molecule has 0 atom stereocenters. The Morgan fingerprint density at radius 3 is 2.70 bits per heavy atom. The second kappa shape index (κ2) is 7.96. The van der Waals surface area contributed by atoms with Gasteiger partial charge < -0.3 is 9.15 Å². The first-order valence-corrected chi connectivity index (χ1v) is 8.08. The zero-order valence-corrected chi connectivity index (χ0v) is 12.6. The van der Waals surface area contributed by atoms with Crippen LogP contribution in [0, 0.1) is 0 Å². The van der Waals surface area contributed by atoms with Crippen molar-refractivity contribution in [2.75, 3.05) is 18.1 Å². The lowest BCUT2D eigenvalue weighted by Gasteiger charge is -1.99. The maximum Gasteiger partial charge on any atom is 0.396 e. The highest BCUT2D eigenvalue weighted by molar-refractivity contribution is 8.02. The van der Waals surface area contributed by atoms with Crippen molar-refractivity contribution < 1.29 is 13.9 Å². The van der Waals surface area contributed by atoms with Gasteiger partial charge in [0.2, 0.25) is 0 Å². The van der Waals surface area contributed by atoms with Crippen molar-refractivity contribution in [3.63, 3.8) is 0 Å². The first-order valence-electron chi connectivity index (χ1n) is 6.11. The van der Waals surface area contributed by atoms with E-state index < -0.39 is 5.97 Å². The van der Waals surface area contributed by atoms with Crippen LogP contribution < -0.4 is 0 Å². The van der Waals surface area contributed by atoms with Gasteiger partial charge in [-0.25, -0.2) is 4.79 Å². The molecule has 0 N–H and O–H groups in total. The molecule has 1 aromatic heterocycles. The van der Waals surface area contributed by atoms with Crippen LogP contribution in [0.1, 0.15) is 17.6 Å². The number of nitrogens with zero attached hydrogens (tertiary/aromatic N) is 2. The average Bonchev–Trinajstić information content (AvgIpc) is 2.94. The van der Waals surface area contributed by atoms with Crippen LogP contribution in [0.25, 0.3) is 0 Å². The van der Waals surface area contributed by atoms with Gasteiger partial charge in [-0.05, 0) is 19.1 Å². The molecule has 0 fully saturated rings. The normalized spacial score (nSPS) is 10.4. The fourth-order valence-corrected chi connectivity index (χ4v) is 3.01. The third-order valence-corrected chi connectivity index (χ3v) is 4.27. The molecule has 106 valence electrons. The van der Waals surface area contributed by atoms with Crippen LogP contribution in [0.15, 0.2) is 44.9 Å². The van der Waals surface area contributed by atoms with E-state index in [0.717, 1.165) is 11.5 Å². The quantitative estimate of drug-likeness (QED) is 0.442. The zero-order chi connectivity index (χ0) is 14.2. The highest BCUT2D eigenvalue weighted by atomic mass is 32.2. The second-order valence-corrected chi connectivity index (χ2v) is 5.82. The van der Waals surface area contributed by atoms with Crippen molar-refractivity contribution in [3.8, 4) is 0 Å². The minimum Gasteiger partial charge on any atom is -0.459 e. The number of hydrogen-bond donors (Lipinski definition) is 0. The van der Waals surface area contributed by atoms with Crippen LogP contribution in [-0.2, 0) is 4.74 Å². The van der Waals surface area contributed by atoms with Gasteiger partial charge in [0, 0.05) is 16.4 Å². The van der Waals surface area contributed by atoms with Crippen LogP contribution in [0.2, 0.25) is 0 Å². The summed E-state index contributed by atoms with van der Waals surface area (Å²) in [6.45, 7) is 2.02. The summed E-state index contributed by atoms with van der Waals surface area (Å²) >= 11 is 3.19. The van der Waals surface area contributed by atoms with Crippen LogP contribution in [0.3, 0.4) is 0 Å². The van der Waals surface area contributed by atoms with Crippen LogP contribution in [-0.4, -0.2) is 34.3 Å². The molecular weight excluding hydrogens is 296 g/mol. The maximum absolute atomic E-state index is 11.3. The smallest absolute Gasteiger partial charge is 0.396 e. The number of esters is 1. The van der Waals surface area contributed by atoms with E-state index >= 15 is 0 Å². The lowest BCUT2D eigenvalue weighted by Crippen LogP contribution is -2.04. The summed E-state index contributed by atoms with van der Waals surface area (Å²) in [6.07, 6.45) is 0. The molecule has 20 heavy (non-hydrogen) atoms. The molecule has 5 nitrogen and oxygen atoms in total. The van der Waals surface area contributed by atoms with Crippen molar-refractivity contribution in [3.05, 3.63) is 36.2 Å². The summed E-state index contributed by atoms with van der Waals surface area (Å²) in [5.41, 5.74) is 0. The van der Waals surface area contributed by atoms with E-state index in [0.29, 0.717) is 5.22 Å². The number of thioether (sulfide) groups is 2. The number of carbonyl (C=O) groups excluding carboxylic acids is 1. The van der Waals surface area contributed by atoms with Gasteiger partial charge in [-0.3, -0.25) is 0 Å². The standard InChI is InChI=1S/C13H14N2O3S2/c1-2-17-12(16)11-14-15-13(18-11)20-9-8-19-10-6-4-3-5-7-10/h3-7H,2,8-9H2,1H3. The lowest BCUT2D eigenvalue weighted by molar-refractivity contribution is 0.0475. The van der Waals surface area contributed by atoms with E-state index in [-0.39, 0.29) is 12.5 Å². The summed E-state index contributed by atoms with van der Waals surface area (Å²) in [6, 6.07) is 10.2. The van der Waals surface area contributed by atoms with Gasteiger partial charge in [-0.2, -0.15) is 0 Å². The third-order valence-electron chi connectivity index (χ3n) is 2.18. The van der Waals surface area contributed by atoms with Crippen LogP contribution in [0.4, 0.5) is 0 Å². The Morgan fingerprint density at radius 1 is 1.20 bits per heavy atom. The fourth-order valence-electron chi connectivity index (χ4n) is 1.35. The molecule has 7 heteroatoms. The molecule has 0 aliphatic rings. The minimum absolute atomic E-state index is 0.0925. The summed E-state index contributed by atoms with van der Waals surface area (Å²) in [7, 11) is 0. The topological polar surface area (TPSA) is 65.2 Å². The Hall–Kier alpha value is -1.47. The van der Waals surface area contributed by atoms with Gasteiger partial charge >= 0.3 is 11.9 Å². The molecule has 0 radical (unpaired) electrons. The molecule has 2 rings (SSSR count). The molecule has 0 saturated heterocycles. The number of aromatic nitrogens is 2. The largest absolute Gasteiger partial charge is 0.459 e. The number of carbonyl (C=O) groups is 1. The first-order chi connectivity index (χ1) is 9.79. The van der Waals surface area contributed by atoms with Crippen molar-refractivity contribution in [2.24, 2.45) is 0 Å². The molecule has 0 spiro atoms. The number of rotatable bonds is 7. The summed E-state index contributed by atoms with van der Waals surface area (Å²) < 4.78 is 9.98. The summed E-state index contributed by atoms with van der Waals surface area (Å²) in [4.78, 5) is 12.6. The van der Waals surface area contributed by atoms with Gasteiger partial charge in [0.15, 0.2) is 0 Å². The Morgan fingerprint density at radius 2 is 1.95 bits per heavy atom. The molecule has 0 unspecified atom stereocenters. The minimum atomic E-state index is -0.578. The molecule has 0 bridgehead atoms. The van der Waals surface area contributed by atoms with Gasteiger partial charge in [0.1, 0.15) is 0 Å². The number of ether oxygens (including phenoxy) is 1. The number of benzene rings is 1. The molecule has 0 aliphatic carbocycles. The Bertz CT molecular complexity index is 546. The van der Waals surface area contributed by atoms with Crippen molar-refractivity contribution in [2.45, 2.75) is 17.0 Å². The lowest BCUT2D eigenvalue weighted by atomic mass is 10.4. The van der Waals surface area contributed by atoms with E-state index in [2.05, 4.69) is 22.3 Å². The molecule has 0 aliphatic heterocycles. The predicted molar refractivity (Wildman–Crippen MR) is 78.1 cm³/mol. The molecule has 0 amide bonds. The predicted octanol–water partition coefficient (Wildman–Crippen LogP) is 3.13. The average molecular weight is 310 g/mol. The number of hydrogen-bond acceptors (Lipinski definition) is 7. The first kappa shape index (κ1) is 14.9. The van der Waals surface area contributed by atoms with Crippen molar-refractivity contribution in [1.29, 1.82) is 0 Å². The van der Waals surface area contributed by atoms with Gasteiger partial charge in [0.05, 0.1) is 6.61 Å². The third kappa shape index (κ3) is 4.57. The summed E-state index contributed by atoms with van der Waals surface area (Å²) in [5.74, 6) is 1.08. The van der Waals surface area contributed by atoms with E-state index in [1.807, 2.05) is 18.2 Å².